The fraction of sp³-hybridized carbons (Fsp3) is 1.00. The lowest BCUT2D eigenvalue weighted by Gasteiger charge is -2.20. The summed E-state index contributed by atoms with van der Waals surface area (Å²) in [6, 6.07) is 0. The van der Waals surface area contributed by atoms with Gasteiger partial charge in [0.1, 0.15) is 0 Å². The third kappa shape index (κ3) is 5.86. The van der Waals surface area contributed by atoms with Crippen LogP contribution in [0.4, 0.5) is 0 Å². The molecule has 0 aromatic rings. The average molecular weight is 227 g/mol. The van der Waals surface area contributed by atoms with Gasteiger partial charge in [-0.05, 0) is 44.7 Å². The van der Waals surface area contributed by atoms with Crippen LogP contribution in [0.1, 0.15) is 58.8 Å². The van der Waals surface area contributed by atoms with Crippen LogP contribution in [0, 0.1) is 5.92 Å². The van der Waals surface area contributed by atoms with Crippen molar-refractivity contribution in [2.24, 2.45) is 5.92 Å². The number of unbranched alkanes of at least 4 members (excludes halogenated alkanes) is 1. The Bertz CT molecular complexity index is 153. The summed E-state index contributed by atoms with van der Waals surface area (Å²) < 4.78 is 6.07. The summed E-state index contributed by atoms with van der Waals surface area (Å²) in [6.07, 6.45) is 9.52. The van der Waals surface area contributed by atoms with Crippen molar-refractivity contribution < 1.29 is 4.74 Å². The van der Waals surface area contributed by atoms with Crippen LogP contribution in [0.2, 0.25) is 0 Å². The maximum atomic E-state index is 6.07. The van der Waals surface area contributed by atoms with Crippen molar-refractivity contribution in [1.29, 1.82) is 0 Å². The molecule has 1 N–H and O–H groups in total. The third-order valence-corrected chi connectivity index (χ3v) is 3.63. The van der Waals surface area contributed by atoms with Crippen LogP contribution in [0.15, 0.2) is 0 Å². The molecule has 1 aliphatic rings. The number of nitrogens with one attached hydrogen (secondary N) is 1. The predicted octanol–water partition coefficient (Wildman–Crippen LogP) is 3.36. The summed E-state index contributed by atoms with van der Waals surface area (Å²) in [5.41, 5.74) is 0. The van der Waals surface area contributed by atoms with Gasteiger partial charge in [-0.2, -0.15) is 0 Å². The highest BCUT2D eigenvalue weighted by atomic mass is 16.5. The van der Waals surface area contributed by atoms with Gasteiger partial charge in [0, 0.05) is 6.61 Å². The van der Waals surface area contributed by atoms with Crippen LogP contribution in [-0.4, -0.2) is 25.8 Å². The van der Waals surface area contributed by atoms with E-state index in [4.69, 9.17) is 4.74 Å². The lowest BCUT2D eigenvalue weighted by atomic mass is 10.0. The van der Waals surface area contributed by atoms with Crippen molar-refractivity contribution >= 4 is 0 Å². The van der Waals surface area contributed by atoms with Crippen molar-refractivity contribution in [2.45, 2.75) is 64.9 Å². The standard InChI is InChI=1S/C14H29NO/c1-3-5-7-13(4-2)12-16-14-8-6-10-15-11-9-14/h13-15H,3-12H2,1-2H3. The number of rotatable bonds is 7. The van der Waals surface area contributed by atoms with Gasteiger partial charge in [0.25, 0.3) is 0 Å². The zero-order valence-corrected chi connectivity index (χ0v) is 11.1. The van der Waals surface area contributed by atoms with Crippen molar-refractivity contribution in [1.82, 2.24) is 5.32 Å². The summed E-state index contributed by atoms with van der Waals surface area (Å²) in [5.74, 6) is 0.788. The van der Waals surface area contributed by atoms with Crippen molar-refractivity contribution in [2.75, 3.05) is 19.7 Å². The minimum atomic E-state index is 0.519. The molecule has 1 aliphatic heterocycles. The molecule has 1 saturated heterocycles. The quantitative estimate of drug-likeness (QED) is 0.720. The topological polar surface area (TPSA) is 21.3 Å². The Morgan fingerprint density at radius 3 is 2.88 bits per heavy atom. The van der Waals surface area contributed by atoms with Crippen LogP contribution in [-0.2, 0) is 4.74 Å². The molecule has 0 aliphatic carbocycles. The molecule has 2 nitrogen and oxygen atoms in total. The normalized spacial score (nSPS) is 24.0. The lowest BCUT2D eigenvalue weighted by molar-refractivity contribution is 0.0193. The molecular weight excluding hydrogens is 198 g/mol. The predicted molar refractivity (Wildman–Crippen MR) is 69.8 cm³/mol. The summed E-state index contributed by atoms with van der Waals surface area (Å²) >= 11 is 0. The fourth-order valence-corrected chi connectivity index (χ4v) is 2.32. The zero-order valence-electron chi connectivity index (χ0n) is 11.1. The first kappa shape index (κ1) is 14.0. The first-order valence-corrected chi connectivity index (χ1v) is 7.19. The summed E-state index contributed by atoms with van der Waals surface area (Å²) in [5, 5.41) is 3.43. The number of hydrogen-bond donors (Lipinski definition) is 1. The Hall–Kier alpha value is -0.0800. The van der Waals surface area contributed by atoms with Gasteiger partial charge in [-0.3, -0.25) is 0 Å². The summed E-state index contributed by atoms with van der Waals surface area (Å²) in [4.78, 5) is 0. The van der Waals surface area contributed by atoms with E-state index < -0.39 is 0 Å². The van der Waals surface area contributed by atoms with Crippen molar-refractivity contribution in [3.63, 3.8) is 0 Å². The SMILES string of the molecule is CCCCC(CC)COC1CCCNCC1. The van der Waals surface area contributed by atoms with Crippen LogP contribution < -0.4 is 5.32 Å². The maximum absolute atomic E-state index is 6.07. The van der Waals surface area contributed by atoms with E-state index in [9.17, 15) is 0 Å². The van der Waals surface area contributed by atoms with Crippen LogP contribution in [0.3, 0.4) is 0 Å². The molecule has 0 radical (unpaired) electrons. The zero-order chi connectivity index (χ0) is 11.6. The first-order valence-electron chi connectivity index (χ1n) is 7.19. The molecule has 0 aromatic heterocycles. The van der Waals surface area contributed by atoms with Gasteiger partial charge in [-0.15, -0.1) is 0 Å². The van der Waals surface area contributed by atoms with Crippen LogP contribution in [0.25, 0.3) is 0 Å². The molecule has 0 spiro atoms. The molecule has 0 aromatic carbocycles. The van der Waals surface area contributed by atoms with E-state index in [2.05, 4.69) is 19.2 Å². The van der Waals surface area contributed by atoms with Gasteiger partial charge < -0.3 is 10.1 Å². The summed E-state index contributed by atoms with van der Waals surface area (Å²) in [6.45, 7) is 7.85. The highest BCUT2D eigenvalue weighted by Gasteiger charge is 2.14. The van der Waals surface area contributed by atoms with Gasteiger partial charge in [0.2, 0.25) is 0 Å². The van der Waals surface area contributed by atoms with Gasteiger partial charge >= 0.3 is 0 Å². The fourth-order valence-electron chi connectivity index (χ4n) is 2.32. The smallest absolute Gasteiger partial charge is 0.0587 e. The van der Waals surface area contributed by atoms with E-state index >= 15 is 0 Å². The molecule has 96 valence electrons. The van der Waals surface area contributed by atoms with E-state index in [0.717, 1.165) is 19.1 Å². The van der Waals surface area contributed by atoms with Gasteiger partial charge in [0.05, 0.1) is 6.10 Å². The first-order chi connectivity index (χ1) is 7.86. The Kier molecular flexibility index (Phi) is 7.87. The number of ether oxygens (including phenoxy) is 1. The molecular formula is C14H29NO. The summed E-state index contributed by atoms with van der Waals surface area (Å²) in [7, 11) is 0. The van der Waals surface area contributed by atoms with E-state index in [1.165, 1.54) is 51.5 Å². The van der Waals surface area contributed by atoms with Crippen molar-refractivity contribution in [3.05, 3.63) is 0 Å². The highest BCUT2D eigenvalue weighted by molar-refractivity contribution is 4.67. The van der Waals surface area contributed by atoms with E-state index in [1.807, 2.05) is 0 Å². The second-order valence-corrected chi connectivity index (χ2v) is 5.05. The molecule has 1 fully saturated rings. The van der Waals surface area contributed by atoms with Crippen LogP contribution >= 0.6 is 0 Å². The Labute approximate surface area is 101 Å². The molecule has 1 heterocycles. The van der Waals surface area contributed by atoms with E-state index in [0.29, 0.717) is 6.10 Å². The lowest BCUT2D eigenvalue weighted by Crippen LogP contribution is -2.20. The van der Waals surface area contributed by atoms with Crippen molar-refractivity contribution in [3.8, 4) is 0 Å². The second kappa shape index (κ2) is 9.00. The molecule has 1 rings (SSSR count). The Morgan fingerprint density at radius 1 is 1.25 bits per heavy atom. The van der Waals surface area contributed by atoms with Gasteiger partial charge in [-0.25, -0.2) is 0 Å². The third-order valence-electron chi connectivity index (χ3n) is 3.63. The Balaban J connectivity index is 2.14. The van der Waals surface area contributed by atoms with E-state index in [1.54, 1.807) is 0 Å². The Morgan fingerprint density at radius 2 is 2.12 bits per heavy atom. The van der Waals surface area contributed by atoms with Crippen LogP contribution in [0.5, 0.6) is 0 Å². The monoisotopic (exact) mass is 227 g/mol. The number of hydrogen-bond acceptors (Lipinski definition) is 2. The second-order valence-electron chi connectivity index (χ2n) is 5.05. The maximum Gasteiger partial charge on any atom is 0.0587 e. The van der Waals surface area contributed by atoms with Gasteiger partial charge in [0.15, 0.2) is 0 Å². The largest absolute Gasteiger partial charge is 0.378 e. The van der Waals surface area contributed by atoms with E-state index in [-0.39, 0.29) is 0 Å². The minimum absolute atomic E-state index is 0.519. The molecule has 2 heteroatoms. The molecule has 0 amide bonds. The molecule has 2 unspecified atom stereocenters. The minimum Gasteiger partial charge on any atom is -0.378 e. The molecule has 0 bridgehead atoms. The average Bonchev–Trinajstić information content (AvgIpc) is 2.58. The molecule has 2 atom stereocenters. The highest BCUT2D eigenvalue weighted by Crippen LogP contribution is 2.16. The molecule has 0 saturated carbocycles. The van der Waals surface area contributed by atoms with Gasteiger partial charge in [-0.1, -0.05) is 33.1 Å². The molecule has 16 heavy (non-hydrogen) atoms.